The lowest BCUT2D eigenvalue weighted by atomic mass is 10.2. The summed E-state index contributed by atoms with van der Waals surface area (Å²) in [6, 6.07) is 16.5. The van der Waals surface area contributed by atoms with Gasteiger partial charge in [0, 0.05) is 18.9 Å². The van der Waals surface area contributed by atoms with Gasteiger partial charge in [-0.3, -0.25) is 4.79 Å². The Bertz CT molecular complexity index is 929. The van der Waals surface area contributed by atoms with Crippen LogP contribution in [-0.4, -0.2) is 28.6 Å². The number of aromatic nitrogens is 2. The minimum Gasteiger partial charge on any atom is -0.492 e. The molecule has 0 fully saturated rings. The zero-order chi connectivity index (χ0) is 20.6. The number of nitrogens with zero attached hydrogens (tertiary/aromatic N) is 2. The van der Waals surface area contributed by atoms with Gasteiger partial charge in [0.05, 0.1) is 17.6 Å². The monoisotopic (exact) mass is 393 g/mol. The van der Waals surface area contributed by atoms with Gasteiger partial charge >= 0.3 is 0 Å². The van der Waals surface area contributed by atoms with Crippen molar-refractivity contribution in [2.75, 3.05) is 13.2 Å². The van der Waals surface area contributed by atoms with Gasteiger partial charge in [0.25, 0.3) is 0 Å². The Labute approximate surface area is 173 Å². The van der Waals surface area contributed by atoms with Gasteiger partial charge in [-0.15, -0.1) is 0 Å². The minimum atomic E-state index is 0.0168. The van der Waals surface area contributed by atoms with Crippen LogP contribution in [0.15, 0.2) is 48.5 Å². The number of carbonyl (C=O) groups is 1. The predicted molar refractivity (Wildman–Crippen MR) is 117 cm³/mol. The molecule has 5 nitrogen and oxygen atoms in total. The Morgan fingerprint density at radius 3 is 2.62 bits per heavy atom. The smallest absolute Gasteiger partial charge is 0.222 e. The highest BCUT2D eigenvalue weighted by atomic mass is 16.5. The number of para-hydroxylation sites is 2. The molecule has 0 aliphatic rings. The summed E-state index contributed by atoms with van der Waals surface area (Å²) in [6.07, 6.45) is 2.71. The quantitative estimate of drug-likeness (QED) is 0.520. The Morgan fingerprint density at radius 2 is 1.90 bits per heavy atom. The standard InChI is InChI=1S/C24H31N3O2/c1-4-19-11-13-20(14-12-19)29-17-16-27-22-9-6-5-8-21(22)26-23(27)10-7-15-25-24(28)18(2)3/h5-6,8-9,11-14,18H,4,7,10,15-17H2,1-3H3,(H,25,28). The average molecular weight is 394 g/mol. The highest BCUT2D eigenvalue weighted by Crippen LogP contribution is 2.18. The molecule has 0 aliphatic heterocycles. The van der Waals surface area contributed by atoms with Crippen LogP contribution >= 0.6 is 0 Å². The first-order valence-electron chi connectivity index (χ1n) is 10.5. The summed E-state index contributed by atoms with van der Waals surface area (Å²) in [5.74, 6) is 2.05. The van der Waals surface area contributed by atoms with Crippen molar-refractivity contribution >= 4 is 16.9 Å². The lowest BCUT2D eigenvalue weighted by Crippen LogP contribution is -2.28. The second-order valence-electron chi connectivity index (χ2n) is 7.56. The third-order valence-electron chi connectivity index (χ3n) is 5.05. The van der Waals surface area contributed by atoms with Gasteiger partial charge in [0.15, 0.2) is 0 Å². The third-order valence-corrected chi connectivity index (χ3v) is 5.05. The third kappa shape index (κ3) is 5.59. The number of hydrogen-bond acceptors (Lipinski definition) is 3. The van der Waals surface area contributed by atoms with Crippen LogP contribution in [0.1, 0.15) is 38.6 Å². The van der Waals surface area contributed by atoms with Crippen molar-refractivity contribution in [3.63, 3.8) is 0 Å². The lowest BCUT2D eigenvalue weighted by Gasteiger charge is -2.12. The van der Waals surface area contributed by atoms with Crippen LogP contribution in [-0.2, 0) is 24.2 Å². The molecule has 0 atom stereocenters. The van der Waals surface area contributed by atoms with Gasteiger partial charge in [0.2, 0.25) is 5.91 Å². The molecule has 0 spiro atoms. The first-order chi connectivity index (χ1) is 14.1. The topological polar surface area (TPSA) is 56.1 Å². The van der Waals surface area contributed by atoms with E-state index in [9.17, 15) is 4.79 Å². The molecule has 3 aromatic rings. The van der Waals surface area contributed by atoms with Gasteiger partial charge in [-0.05, 0) is 42.7 Å². The highest BCUT2D eigenvalue weighted by Gasteiger charge is 2.11. The van der Waals surface area contributed by atoms with Crippen LogP contribution in [0.4, 0.5) is 0 Å². The maximum absolute atomic E-state index is 11.7. The minimum absolute atomic E-state index is 0.0168. The number of amides is 1. The van der Waals surface area contributed by atoms with E-state index in [0.717, 1.165) is 48.4 Å². The Kier molecular flexibility index (Phi) is 7.28. The van der Waals surface area contributed by atoms with E-state index >= 15 is 0 Å². The number of nitrogens with one attached hydrogen (secondary N) is 1. The number of rotatable bonds is 10. The zero-order valence-corrected chi connectivity index (χ0v) is 17.6. The molecular formula is C24H31N3O2. The van der Waals surface area contributed by atoms with E-state index in [1.165, 1.54) is 5.56 Å². The predicted octanol–water partition coefficient (Wildman–Crippen LogP) is 4.38. The molecule has 0 unspecified atom stereocenters. The normalized spacial score (nSPS) is 11.2. The Hall–Kier alpha value is -2.82. The van der Waals surface area contributed by atoms with Crippen LogP contribution in [0.3, 0.4) is 0 Å². The fraction of sp³-hybridized carbons (Fsp3) is 0.417. The number of aryl methyl sites for hydroxylation is 2. The fourth-order valence-electron chi connectivity index (χ4n) is 3.30. The second-order valence-corrected chi connectivity index (χ2v) is 7.56. The molecule has 1 aromatic heterocycles. The van der Waals surface area contributed by atoms with Gasteiger partial charge in [-0.1, -0.05) is 45.0 Å². The molecule has 5 heteroatoms. The van der Waals surface area contributed by atoms with Crippen molar-refractivity contribution < 1.29 is 9.53 Å². The lowest BCUT2D eigenvalue weighted by molar-refractivity contribution is -0.123. The van der Waals surface area contributed by atoms with Gasteiger partial charge in [0.1, 0.15) is 18.2 Å². The van der Waals surface area contributed by atoms with Crippen molar-refractivity contribution in [3.8, 4) is 5.75 Å². The number of benzene rings is 2. The molecule has 0 saturated heterocycles. The van der Waals surface area contributed by atoms with Crippen LogP contribution in [0.25, 0.3) is 11.0 Å². The number of fused-ring (bicyclic) bond motifs is 1. The summed E-state index contributed by atoms with van der Waals surface area (Å²) in [6.45, 7) is 7.96. The second kappa shape index (κ2) is 10.1. The molecule has 29 heavy (non-hydrogen) atoms. The molecule has 3 rings (SSSR count). The fourth-order valence-corrected chi connectivity index (χ4v) is 3.30. The van der Waals surface area contributed by atoms with E-state index in [2.05, 4.69) is 35.0 Å². The van der Waals surface area contributed by atoms with Crippen LogP contribution in [0, 0.1) is 5.92 Å². The summed E-state index contributed by atoms with van der Waals surface area (Å²) in [5.41, 5.74) is 3.43. The zero-order valence-electron chi connectivity index (χ0n) is 17.6. The van der Waals surface area contributed by atoms with E-state index in [1.54, 1.807) is 0 Å². The van der Waals surface area contributed by atoms with Crippen LogP contribution in [0.5, 0.6) is 5.75 Å². The molecule has 0 saturated carbocycles. The van der Waals surface area contributed by atoms with Crippen LogP contribution < -0.4 is 10.1 Å². The van der Waals surface area contributed by atoms with E-state index in [4.69, 9.17) is 9.72 Å². The molecule has 1 amide bonds. The molecule has 0 radical (unpaired) electrons. The number of ether oxygens (including phenoxy) is 1. The molecular weight excluding hydrogens is 362 g/mol. The maximum Gasteiger partial charge on any atom is 0.222 e. The van der Waals surface area contributed by atoms with Gasteiger partial charge < -0.3 is 14.6 Å². The van der Waals surface area contributed by atoms with Crippen molar-refractivity contribution in [1.82, 2.24) is 14.9 Å². The molecule has 0 bridgehead atoms. The summed E-state index contributed by atoms with van der Waals surface area (Å²) in [5, 5.41) is 2.98. The molecule has 1 N–H and O–H groups in total. The molecule has 2 aromatic carbocycles. The van der Waals surface area contributed by atoms with E-state index in [0.29, 0.717) is 13.2 Å². The maximum atomic E-state index is 11.7. The molecule has 0 aliphatic carbocycles. The first-order valence-corrected chi connectivity index (χ1v) is 10.5. The van der Waals surface area contributed by atoms with Crippen LogP contribution in [0.2, 0.25) is 0 Å². The summed E-state index contributed by atoms with van der Waals surface area (Å²) in [7, 11) is 0. The SMILES string of the molecule is CCc1ccc(OCCn2c(CCCNC(=O)C(C)C)nc3ccccc32)cc1. The summed E-state index contributed by atoms with van der Waals surface area (Å²) < 4.78 is 8.20. The highest BCUT2D eigenvalue weighted by molar-refractivity contribution is 5.77. The Balaban J connectivity index is 1.62. The van der Waals surface area contributed by atoms with Crippen molar-refractivity contribution in [3.05, 3.63) is 59.9 Å². The number of imidazole rings is 1. The van der Waals surface area contributed by atoms with E-state index < -0.39 is 0 Å². The number of hydrogen-bond donors (Lipinski definition) is 1. The van der Waals surface area contributed by atoms with E-state index in [-0.39, 0.29) is 11.8 Å². The van der Waals surface area contributed by atoms with Gasteiger partial charge in [-0.25, -0.2) is 4.98 Å². The van der Waals surface area contributed by atoms with Crippen molar-refractivity contribution in [1.29, 1.82) is 0 Å². The summed E-state index contributed by atoms with van der Waals surface area (Å²) >= 11 is 0. The molecule has 154 valence electrons. The molecule has 1 heterocycles. The number of carbonyl (C=O) groups excluding carboxylic acids is 1. The first kappa shape index (κ1) is 20.9. The summed E-state index contributed by atoms with van der Waals surface area (Å²) in [4.78, 5) is 16.5. The average Bonchev–Trinajstić information content (AvgIpc) is 3.09. The Morgan fingerprint density at radius 1 is 1.14 bits per heavy atom. The largest absolute Gasteiger partial charge is 0.492 e. The van der Waals surface area contributed by atoms with E-state index in [1.807, 2.05) is 44.2 Å². The van der Waals surface area contributed by atoms with Gasteiger partial charge in [-0.2, -0.15) is 0 Å². The van der Waals surface area contributed by atoms with Crippen molar-refractivity contribution in [2.24, 2.45) is 5.92 Å². The van der Waals surface area contributed by atoms with Crippen molar-refractivity contribution in [2.45, 2.75) is 46.6 Å².